The van der Waals surface area contributed by atoms with Crippen molar-refractivity contribution in [3.63, 3.8) is 0 Å². The van der Waals surface area contributed by atoms with Crippen LogP contribution < -0.4 is 0 Å². The molecule has 0 saturated carbocycles. The highest BCUT2D eigenvalue weighted by Gasteiger charge is 2.43. The van der Waals surface area contributed by atoms with Crippen molar-refractivity contribution in [2.45, 2.75) is 19.4 Å². The third-order valence-corrected chi connectivity index (χ3v) is 5.34. The van der Waals surface area contributed by atoms with Gasteiger partial charge >= 0.3 is 0 Å². The normalized spacial score (nSPS) is 22.8. The molecule has 0 aliphatic carbocycles. The largest absolute Gasteiger partial charge is 0.379 e. The molecule has 4 nitrogen and oxygen atoms in total. The zero-order valence-electron chi connectivity index (χ0n) is 11.5. The van der Waals surface area contributed by atoms with Gasteiger partial charge in [-0.3, -0.25) is 9.69 Å². The first-order chi connectivity index (χ1) is 9.10. The monoisotopic (exact) mass is 280 g/mol. The minimum Gasteiger partial charge on any atom is -0.379 e. The average molecular weight is 280 g/mol. The van der Waals surface area contributed by atoms with Crippen LogP contribution in [0.1, 0.15) is 29.1 Å². The highest BCUT2D eigenvalue weighted by Crippen LogP contribution is 2.41. The lowest BCUT2D eigenvalue weighted by Gasteiger charge is -2.35. The highest BCUT2D eigenvalue weighted by atomic mass is 32.1. The lowest BCUT2D eigenvalue weighted by molar-refractivity contribution is 0.0263. The van der Waals surface area contributed by atoms with Crippen LogP contribution in [0, 0.1) is 0 Å². The number of fused-ring (bicyclic) bond motifs is 1. The van der Waals surface area contributed by atoms with Crippen molar-refractivity contribution in [1.29, 1.82) is 0 Å². The number of carbonyl (C=O) groups excluding carboxylic acids is 1. The summed E-state index contributed by atoms with van der Waals surface area (Å²) in [5.74, 6) is 0.189. The van der Waals surface area contributed by atoms with E-state index in [4.69, 9.17) is 4.74 Å². The lowest BCUT2D eigenvalue weighted by atomic mass is 10.0. The Morgan fingerprint density at radius 2 is 2.05 bits per heavy atom. The van der Waals surface area contributed by atoms with E-state index in [9.17, 15) is 4.79 Å². The molecule has 0 N–H and O–H groups in total. The lowest BCUT2D eigenvalue weighted by Crippen LogP contribution is -2.46. The summed E-state index contributed by atoms with van der Waals surface area (Å²) in [4.78, 5) is 18.0. The molecule has 3 rings (SSSR count). The molecule has 2 aliphatic rings. The van der Waals surface area contributed by atoms with Crippen LogP contribution in [0.3, 0.4) is 0 Å². The summed E-state index contributed by atoms with van der Waals surface area (Å²) in [6.45, 7) is 9.60. The number of nitrogens with zero attached hydrogens (tertiary/aromatic N) is 2. The smallest absolute Gasteiger partial charge is 0.255 e. The van der Waals surface area contributed by atoms with Crippen molar-refractivity contribution in [2.24, 2.45) is 0 Å². The van der Waals surface area contributed by atoms with Gasteiger partial charge in [0.25, 0.3) is 5.91 Å². The molecule has 0 radical (unpaired) electrons. The van der Waals surface area contributed by atoms with Crippen LogP contribution >= 0.6 is 11.3 Å². The molecule has 104 valence electrons. The van der Waals surface area contributed by atoms with E-state index in [1.54, 1.807) is 11.3 Å². The standard InChI is InChI=1S/C14H20N2O2S/c1-14(2)12-11(3-10-19-12)13(17)16(14)5-4-15-6-8-18-9-7-15/h3,10H,4-9H2,1-2H3. The third-order valence-electron chi connectivity index (χ3n) is 4.11. The Morgan fingerprint density at radius 1 is 1.32 bits per heavy atom. The van der Waals surface area contributed by atoms with Gasteiger partial charge in [-0.2, -0.15) is 0 Å². The van der Waals surface area contributed by atoms with Gasteiger partial charge in [0.05, 0.1) is 24.3 Å². The molecule has 2 aliphatic heterocycles. The fourth-order valence-corrected chi connectivity index (χ4v) is 3.94. The zero-order chi connectivity index (χ0) is 13.5. The summed E-state index contributed by atoms with van der Waals surface area (Å²) in [5, 5.41) is 2.02. The highest BCUT2D eigenvalue weighted by molar-refractivity contribution is 7.10. The molecular weight excluding hydrogens is 260 g/mol. The van der Waals surface area contributed by atoms with Crippen LogP contribution in [0.4, 0.5) is 0 Å². The van der Waals surface area contributed by atoms with Crippen LogP contribution in [0.25, 0.3) is 0 Å². The summed E-state index contributed by atoms with van der Waals surface area (Å²) in [6.07, 6.45) is 0. The summed E-state index contributed by atoms with van der Waals surface area (Å²) in [6, 6.07) is 1.96. The Hall–Kier alpha value is -0.910. The van der Waals surface area contributed by atoms with Gasteiger partial charge in [-0.1, -0.05) is 0 Å². The van der Waals surface area contributed by atoms with E-state index in [0.717, 1.165) is 45.0 Å². The number of amides is 1. The molecule has 1 amide bonds. The molecule has 1 aromatic rings. The number of hydrogen-bond acceptors (Lipinski definition) is 4. The summed E-state index contributed by atoms with van der Waals surface area (Å²) < 4.78 is 5.35. The van der Waals surface area contributed by atoms with Gasteiger partial charge in [0.2, 0.25) is 0 Å². The third kappa shape index (κ3) is 2.20. The van der Waals surface area contributed by atoms with Gasteiger partial charge < -0.3 is 9.64 Å². The summed E-state index contributed by atoms with van der Waals surface area (Å²) in [7, 11) is 0. The van der Waals surface area contributed by atoms with Crippen molar-refractivity contribution in [3.8, 4) is 0 Å². The van der Waals surface area contributed by atoms with Crippen molar-refractivity contribution in [2.75, 3.05) is 39.4 Å². The summed E-state index contributed by atoms with van der Waals surface area (Å²) in [5.41, 5.74) is 0.740. The van der Waals surface area contributed by atoms with Gasteiger partial charge in [-0.05, 0) is 25.3 Å². The van der Waals surface area contributed by atoms with Crippen LogP contribution in [0.5, 0.6) is 0 Å². The van der Waals surface area contributed by atoms with Crippen LogP contribution in [0.15, 0.2) is 11.4 Å². The Labute approximate surface area is 118 Å². The van der Waals surface area contributed by atoms with E-state index in [1.165, 1.54) is 4.88 Å². The molecule has 0 aromatic carbocycles. The molecule has 1 saturated heterocycles. The molecule has 0 spiro atoms. The van der Waals surface area contributed by atoms with Crippen molar-refractivity contribution >= 4 is 17.2 Å². The maximum Gasteiger partial charge on any atom is 0.255 e. The number of ether oxygens (including phenoxy) is 1. The molecule has 5 heteroatoms. The first-order valence-electron chi connectivity index (χ1n) is 6.81. The fourth-order valence-electron chi connectivity index (χ4n) is 2.92. The molecule has 0 atom stereocenters. The number of thiophene rings is 1. The first-order valence-corrected chi connectivity index (χ1v) is 7.69. The summed E-state index contributed by atoms with van der Waals surface area (Å²) >= 11 is 1.69. The number of morpholine rings is 1. The van der Waals surface area contributed by atoms with Crippen molar-refractivity contribution in [1.82, 2.24) is 9.80 Å². The quantitative estimate of drug-likeness (QED) is 0.846. The molecule has 1 aromatic heterocycles. The first kappa shape index (κ1) is 13.1. The van der Waals surface area contributed by atoms with E-state index in [2.05, 4.69) is 18.7 Å². The molecule has 1 fully saturated rings. The van der Waals surface area contributed by atoms with Gasteiger partial charge in [0, 0.05) is 31.1 Å². The predicted octanol–water partition coefficient (Wildman–Crippen LogP) is 1.77. The van der Waals surface area contributed by atoms with Gasteiger partial charge in [0.1, 0.15) is 0 Å². The Balaban J connectivity index is 1.68. The SMILES string of the molecule is CC1(C)c2sccc2C(=O)N1CCN1CCOCC1. The Bertz CT molecular complexity index is 478. The average Bonchev–Trinajstić information content (AvgIpc) is 2.94. The van der Waals surface area contributed by atoms with E-state index in [0.29, 0.717) is 0 Å². The Morgan fingerprint density at radius 3 is 2.74 bits per heavy atom. The van der Waals surface area contributed by atoms with Crippen molar-refractivity contribution < 1.29 is 9.53 Å². The Kier molecular flexibility index (Phi) is 3.37. The van der Waals surface area contributed by atoms with Crippen LogP contribution in [-0.4, -0.2) is 55.1 Å². The second-order valence-electron chi connectivity index (χ2n) is 5.63. The molecule has 0 unspecified atom stereocenters. The second kappa shape index (κ2) is 4.89. The minimum absolute atomic E-state index is 0.160. The van der Waals surface area contributed by atoms with E-state index in [-0.39, 0.29) is 11.4 Å². The molecular formula is C14H20N2O2S. The van der Waals surface area contributed by atoms with Gasteiger partial charge in [-0.15, -0.1) is 11.3 Å². The van der Waals surface area contributed by atoms with E-state index < -0.39 is 0 Å². The van der Waals surface area contributed by atoms with Gasteiger partial charge in [0.15, 0.2) is 0 Å². The zero-order valence-corrected chi connectivity index (χ0v) is 12.3. The molecule has 0 bridgehead atoms. The maximum absolute atomic E-state index is 12.4. The minimum atomic E-state index is -0.160. The number of rotatable bonds is 3. The number of hydrogen-bond donors (Lipinski definition) is 0. The van der Waals surface area contributed by atoms with E-state index >= 15 is 0 Å². The van der Waals surface area contributed by atoms with Gasteiger partial charge in [-0.25, -0.2) is 0 Å². The van der Waals surface area contributed by atoms with Crippen LogP contribution in [0.2, 0.25) is 0 Å². The van der Waals surface area contributed by atoms with E-state index in [1.807, 2.05) is 16.3 Å². The maximum atomic E-state index is 12.4. The fraction of sp³-hybridized carbons (Fsp3) is 0.643. The van der Waals surface area contributed by atoms with Crippen LogP contribution in [-0.2, 0) is 10.3 Å². The second-order valence-corrected chi connectivity index (χ2v) is 6.55. The molecule has 19 heavy (non-hydrogen) atoms. The number of carbonyl (C=O) groups is 1. The van der Waals surface area contributed by atoms with Crippen molar-refractivity contribution in [3.05, 3.63) is 21.9 Å². The predicted molar refractivity (Wildman–Crippen MR) is 75.6 cm³/mol. The molecule has 3 heterocycles. The topological polar surface area (TPSA) is 32.8 Å².